The van der Waals surface area contributed by atoms with Crippen molar-refractivity contribution in [2.45, 2.75) is 88.0 Å². The van der Waals surface area contributed by atoms with Gasteiger partial charge in [0.1, 0.15) is 0 Å². The third kappa shape index (κ3) is 4.17. The van der Waals surface area contributed by atoms with E-state index in [4.69, 9.17) is 5.73 Å². The van der Waals surface area contributed by atoms with Gasteiger partial charge in [-0.25, -0.2) is 0 Å². The van der Waals surface area contributed by atoms with E-state index in [0.717, 1.165) is 30.6 Å². The second-order valence-electron chi connectivity index (χ2n) is 12.7. The summed E-state index contributed by atoms with van der Waals surface area (Å²) in [6, 6.07) is 9.45. The highest BCUT2D eigenvalue weighted by molar-refractivity contribution is 7.98. The SMILES string of the molecule is CSc1cccc(C2(C)C3=C(C4CC4)CC=CC=C3NC(CC(C)(C)N)=C2C2CC3CCC3C2)c1. The molecule has 0 bridgehead atoms. The van der Waals surface area contributed by atoms with Crippen molar-refractivity contribution < 1.29 is 0 Å². The van der Waals surface area contributed by atoms with Gasteiger partial charge in [0.05, 0.1) is 0 Å². The molecule has 1 aromatic rings. The van der Waals surface area contributed by atoms with E-state index in [1.807, 2.05) is 11.8 Å². The van der Waals surface area contributed by atoms with Crippen molar-refractivity contribution in [3.8, 4) is 0 Å². The van der Waals surface area contributed by atoms with E-state index >= 15 is 0 Å². The van der Waals surface area contributed by atoms with Crippen molar-refractivity contribution in [1.29, 1.82) is 0 Å². The predicted octanol–water partition coefficient (Wildman–Crippen LogP) is 7.64. The summed E-state index contributed by atoms with van der Waals surface area (Å²) in [5, 5.41) is 4.04. The predicted molar refractivity (Wildman–Crippen MR) is 149 cm³/mol. The van der Waals surface area contributed by atoms with Crippen LogP contribution in [0.15, 0.2) is 75.5 Å². The minimum absolute atomic E-state index is 0.123. The molecule has 3 unspecified atom stereocenters. The summed E-state index contributed by atoms with van der Waals surface area (Å²) in [6.07, 6.45) is 19.5. The van der Waals surface area contributed by atoms with Crippen LogP contribution in [0.5, 0.6) is 0 Å². The van der Waals surface area contributed by atoms with Crippen LogP contribution in [0.1, 0.15) is 77.7 Å². The monoisotopic (exact) mass is 486 g/mol. The zero-order valence-corrected chi connectivity index (χ0v) is 22.8. The van der Waals surface area contributed by atoms with Gasteiger partial charge in [-0.3, -0.25) is 0 Å². The summed E-state index contributed by atoms with van der Waals surface area (Å²) in [4.78, 5) is 1.36. The number of nitrogens with one attached hydrogen (secondary N) is 1. The first-order valence-electron chi connectivity index (χ1n) is 13.8. The second-order valence-corrected chi connectivity index (χ2v) is 13.6. The number of allylic oxidation sites excluding steroid dienone is 6. The Kier molecular flexibility index (Phi) is 5.88. The van der Waals surface area contributed by atoms with Crippen LogP contribution in [0.2, 0.25) is 0 Å². The molecule has 3 heteroatoms. The molecule has 0 radical (unpaired) electrons. The Morgan fingerprint density at radius 2 is 1.83 bits per heavy atom. The van der Waals surface area contributed by atoms with Gasteiger partial charge in [0.25, 0.3) is 0 Å². The molecule has 0 spiro atoms. The fourth-order valence-corrected chi connectivity index (χ4v) is 8.15. The van der Waals surface area contributed by atoms with E-state index in [1.165, 1.54) is 60.4 Å². The summed E-state index contributed by atoms with van der Waals surface area (Å²) in [7, 11) is 0. The van der Waals surface area contributed by atoms with Crippen molar-refractivity contribution in [3.05, 3.63) is 76.2 Å². The number of hydrogen-bond donors (Lipinski definition) is 2. The summed E-state index contributed by atoms with van der Waals surface area (Å²) < 4.78 is 0. The molecule has 5 aliphatic rings. The molecule has 3 N–H and O–H groups in total. The van der Waals surface area contributed by atoms with Gasteiger partial charge in [-0.2, -0.15) is 0 Å². The Hall–Kier alpha value is -1.71. The van der Waals surface area contributed by atoms with Crippen LogP contribution in [0.3, 0.4) is 0 Å². The molecule has 35 heavy (non-hydrogen) atoms. The van der Waals surface area contributed by atoms with Crippen molar-refractivity contribution >= 4 is 11.8 Å². The molecule has 1 aliphatic heterocycles. The summed E-state index contributed by atoms with van der Waals surface area (Å²) in [5.41, 5.74) is 15.5. The van der Waals surface area contributed by atoms with Gasteiger partial charge in [0.2, 0.25) is 0 Å². The summed E-state index contributed by atoms with van der Waals surface area (Å²) in [5.74, 6) is 3.26. The molecule has 1 heterocycles. The first kappa shape index (κ1) is 23.7. The topological polar surface area (TPSA) is 38.0 Å². The van der Waals surface area contributed by atoms with Gasteiger partial charge in [0, 0.05) is 33.7 Å². The van der Waals surface area contributed by atoms with Crippen LogP contribution in [-0.4, -0.2) is 11.8 Å². The zero-order chi connectivity index (χ0) is 24.4. The smallest absolute Gasteiger partial charge is 0.0426 e. The molecule has 2 nitrogen and oxygen atoms in total. The van der Waals surface area contributed by atoms with Crippen LogP contribution in [-0.2, 0) is 5.41 Å². The minimum Gasteiger partial charge on any atom is -0.359 e. The Morgan fingerprint density at radius 1 is 1.09 bits per heavy atom. The first-order chi connectivity index (χ1) is 16.8. The van der Waals surface area contributed by atoms with Crippen molar-refractivity contribution in [2.75, 3.05) is 6.26 Å². The molecule has 3 fully saturated rings. The number of hydrogen-bond acceptors (Lipinski definition) is 3. The molecule has 1 aromatic carbocycles. The maximum atomic E-state index is 6.73. The largest absolute Gasteiger partial charge is 0.359 e. The Balaban J connectivity index is 1.62. The van der Waals surface area contributed by atoms with Gasteiger partial charge in [-0.05, 0) is 131 Å². The van der Waals surface area contributed by atoms with Crippen LogP contribution < -0.4 is 11.1 Å². The van der Waals surface area contributed by atoms with Gasteiger partial charge in [-0.15, -0.1) is 11.8 Å². The number of benzene rings is 1. The first-order valence-corrected chi connectivity index (χ1v) is 15.0. The molecule has 3 saturated carbocycles. The lowest BCUT2D eigenvalue weighted by Crippen LogP contribution is -2.45. The second kappa shape index (κ2) is 8.70. The van der Waals surface area contributed by atoms with Crippen LogP contribution >= 0.6 is 11.8 Å². The molecule has 0 amide bonds. The van der Waals surface area contributed by atoms with Gasteiger partial charge in [-0.1, -0.05) is 29.9 Å². The highest BCUT2D eigenvalue weighted by Crippen LogP contribution is 2.60. The lowest BCUT2D eigenvalue weighted by molar-refractivity contribution is 0.219. The van der Waals surface area contributed by atoms with E-state index in [9.17, 15) is 0 Å². The summed E-state index contributed by atoms with van der Waals surface area (Å²) >= 11 is 1.86. The van der Waals surface area contributed by atoms with Gasteiger partial charge in [0.15, 0.2) is 0 Å². The van der Waals surface area contributed by atoms with Crippen molar-refractivity contribution in [1.82, 2.24) is 5.32 Å². The molecular formula is C32H42N2S. The maximum Gasteiger partial charge on any atom is 0.0426 e. The van der Waals surface area contributed by atoms with Crippen LogP contribution in [0.25, 0.3) is 0 Å². The fourth-order valence-electron chi connectivity index (χ4n) is 7.69. The van der Waals surface area contributed by atoms with Crippen molar-refractivity contribution in [2.24, 2.45) is 29.4 Å². The molecule has 0 saturated heterocycles. The minimum atomic E-state index is -0.255. The highest BCUT2D eigenvalue weighted by Gasteiger charge is 2.51. The normalized spacial score (nSPS) is 32.5. The molecule has 4 aliphatic carbocycles. The van der Waals surface area contributed by atoms with Crippen molar-refractivity contribution in [3.63, 3.8) is 0 Å². The van der Waals surface area contributed by atoms with E-state index in [0.29, 0.717) is 5.92 Å². The maximum absolute atomic E-state index is 6.73. The van der Waals surface area contributed by atoms with Gasteiger partial charge < -0.3 is 11.1 Å². The Labute approximate surface area is 216 Å². The molecule has 6 rings (SSSR count). The lowest BCUT2D eigenvalue weighted by atomic mass is 9.60. The third-order valence-electron chi connectivity index (χ3n) is 9.48. The van der Waals surface area contributed by atoms with E-state index in [2.05, 4.69) is 74.8 Å². The Morgan fingerprint density at radius 3 is 2.46 bits per heavy atom. The average molecular weight is 487 g/mol. The number of rotatable bonds is 6. The van der Waals surface area contributed by atoms with E-state index < -0.39 is 0 Å². The highest BCUT2D eigenvalue weighted by atomic mass is 32.2. The average Bonchev–Trinajstić information content (AvgIpc) is 3.61. The number of thioether (sulfide) groups is 1. The molecule has 186 valence electrons. The zero-order valence-electron chi connectivity index (χ0n) is 22.0. The van der Waals surface area contributed by atoms with E-state index in [1.54, 1.807) is 16.7 Å². The molecule has 3 atom stereocenters. The van der Waals surface area contributed by atoms with Gasteiger partial charge >= 0.3 is 0 Å². The number of fused-ring (bicyclic) bond motifs is 2. The lowest BCUT2D eigenvalue weighted by Gasteiger charge is -2.47. The number of nitrogens with two attached hydrogens (primary N) is 1. The van der Waals surface area contributed by atoms with E-state index in [-0.39, 0.29) is 11.0 Å². The molecule has 0 aromatic heterocycles. The standard InChI is InChI=1S/C32H42N2S/c1-31(2,33)19-28-29(23-16-21-14-15-22(21)17-23)32(3,24-8-7-9-25(18-24)35-4)30-26(20-12-13-20)10-5-6-11-27(30)34-28/h5-9,11,18,20-23,34H,10,12-17,19,33H2,1-4H3. The third-order valence-corrected chi connectivity index (χ3v) is 10.2. The Bertz CT molecular complexity index is 1130. The van der Waals surface area contributed by atoms with Crippen LogP contribution in [0.4, 0.5) is 0 Å². The molecular weight excluding hydrogens is 444 g/mol. The summed E-state index contributed by atoms with van der Waals surface area (Å²) in [6.45, 7) is 6.95. The quantitative estimate of drug-likeness (QED) is 0.406. The fraction of sp³-hybridized carbons (Fsp3) is 0.562. The van der Waals surface area contributed by atoms with Crippen LogP contribution in [0, 0.1) is 23.7 Å².